The Balaban J connectivity index is 1.36. The van der Waals surface area contributed by atoms with Crippen LogP contribution in [-0.4, -0.2) is 52.9 Å². The molecule has 1 aliphatic heterocycles. The molecule has 1 N–H and O–H groups in total. The number of aromatic nitrogens is 3. The van der Waals surface area contributed by atoms with Crippen LogP contribution in [-0.2, 0) is 30.7 Å². The van der Waals surface area contributed by atoms with Gasteiger partial charge in [0.25, 0.3) is 0 Å². The van der Waals surface area contributed by atoms with Gasteiger partial charge in [0.2, 0.25) is 5.91 Å². The summed E-state index contributed by atoms with van der Waals surface area (Å²) < 4.78 is 13.1. The van der Waals surface area contributed by atoms with Gasteiger partial charge in [-0.25, -0.2) is 0 Å². The summed E-state index contributed by atoms with van der Waals surface area (Å²) in [6.07, 6.45) is 1.97. The fourth-order valence-electron chi connectivity index (χ4n) is 4.39. The second-order valence-corrected chi connectivity index (χ2v) is 8.60. The molecular formula is C26H33N5O3. The average molecular weight is 464 g/mol. The molecule has 0 saturated heterocycles. The second-order valence-electron chi connectivity index (χ2n) is 8.60. The lowest BCUT2D eigenvalue weighted by Gasteiger charge is -2.21. The van der Waals surface area contributed by atoms with Crippen molar-refractivity contribution in [2.45, 2.75) is 45.3 Å². The molecule has 8 heteroatoms. The van der Waals surface area contributed by atoms with Gasteiger partial charge in [-0.05, 0) is 37.1 Å². The first kappa shape index (κ1) is 23.8. The van der Waals surface area contributed by atoms with E-state index in [9.17, 15) is 4.79 Å². The minimum atomic E-state index is -0.199. The maximum absolute atomic E-state index is 12.5. The molecule has 1 amide bonds. The maximum atomic E-state index is 12.5. The lowest BCUT2D eigenvalue weighted by molar-refractivity contribution is -0.121. The molecule has 34 heavy (non-hydrogen) atoms. The molecule has 0 radical (unpaired) electrons. The van der Waals surface area contributed by atoms with Gasteiger partial charge in [0.05, 0.1) is 20.3 Å². The number of ether oxygens (including phenoxy) is 2. The largest absolute Gasteiger partial charge is 0.497 e. The molecule has 1 aliphatic rings. The highest BCUT2D eigenvalue weighted by Crippen LogP contribution is 2.26. The molecule has 1 aromatic heterocycles. The Morgan fingerprint density at radius 2 is 1.88 bits per heavy atom. The van der Waals surface area contributed by atoms with Crippen molar-refractivity contribution in [3.8, 4) is 11.5 Å². The van der Waals surface area contributed by atoms with Crippen LogP contribution in [0.1, 0.15) is 42.2 Å². The molecule has 0 aliphatic carbocycles. The Bertz CT molecular complexity index is 1100. The van der Waals surface area contributed by atoms with Crippen molar-refractivity contribution in [3.05, 3.63) is 71.3 Å². The third kappa shape index (κ3) is 5.75. The van der Waals surface area contributed by atoms with E-state index in [2.05, 4.69) is 25.0 Å². The highest BCUT2D eigenvalue weighted by molar-refractivity contribution is 5.76. The van der Waals surface area contributed by atoms with Gasteiger partial charge in [-0.3, -0.25) is 9.69 Å². The summed E-state index contributed by atoms with van der Waals surface area (Å²) in [5.74, 6) is 3.47. The Morgan fingerprint density at radius 3 is 2.65 bits per heavy atom. The van der Waals surface area contributed by atoms with Gasteiger partial charge in [0, 0.05) is 44.6 Å². The number of hydrogen-bond donors (Lipinski definition) is 1. The van der Waals surface area contributed by atoms with Crippen LogP contribution >= 0.6 is 0 Å². The summed E-state index contributed by atoms with van der Waals surface area (Å²) in [5, 5.41) is 11.9. The highest BCUT2D eigenvalue weighted by Gasteiger charge is 2.23. The van der Waals surface area contributed by atoms with Crippen LogP contribution < -0.4 is 14.8 Å². The van der Waals surface area contributed by atoms with Crippen LogP contribution in [0.3, 0.4) is 0 Å². The Morgan fingerprint density at radius 1 is 1.06 bits per heavy atom. The first-order chi connectivity index (χ1) is 16.6. The van der Waals surface area contributed by atoms with Gasteiger partial charge in [-0.2, -0.15) is 0 Å². The van der Waals surface area contributed by atoms with E-state index in [1.807, 2.05) is 55.5 Å². The monoisotopic (exact) mass is 463 g/mol. The van der Waals surface area contributed by atoms with E-state index in [4.69, 9.17) is 9.47 Å². The Kier molecular flexibility index (Phi) is 7.80. The van der Waals surface area contributed by atoms with Crippen molar-refractivity contribution >= 4 is 5.91 Å². The normalized spacial score (nSPS) is 14.7. The molecule has 3 aromatic rings. The molecule has 0 spiro atoms. The number of amides is 1. The number of nitrogens with one attached hydrogen (secondary N) is 1. The Labute approximate surface area is 200 Å². The fourth-order valence-corrected chi connectivity index (χ4v) is 4.39. The van der Waals surface area contributed by atoms with E-state index in [-0.39, 0.29) is 11.9 Å². The number of rotatable bonds is 9. The Hall–Kier alpha value is -3.39. The SMILES string of the molecule is COc1ccc(OC)c(CN2CCc3nnc([C@@H](C)NC(=O)CCc4ccccc4)n3CC2)c1. The fraction of sp³-hybridized carbons (Fsp3) is 0.423. The molecule has 2 aromatic carbocycles. The molecule has 1 atom stereocenters. The number of methoxy groups -OCH3 is 2. The van der Waals surface area contributed by atoms with Gasteiger partial charge >= 0.3 is 0 Å². The molecule has 2 heterocycles. The van der Waals surface area contributed by atoms with Crippen molar-refractivity contribution in [1.29, 1.82) is 0 Å². The minimum absolute atomic E-state index is 0.0223. The minimum Gasteiger partial charge on any atom is -0.497 e. The third-order valence-corrected chi connectivity index (χ3v) is 6.28. The summed E-state index contributed by atoms with van der Waals surface area (Å²) in [5.41, 5.74) is 2.26. The lowest BCUT2D eigenvalue weighted by atomic mass is 10.1. The quantitative estimate of drug-likeness (QED) is 0.525. The molecule has 4 rings (SSSR count). The van der Waals surface area contributed by atoms with E-state index < -0.39 is 0 Å². The van der Waals surface area contributed by atoms with E-state index in [1.165, 1.54) is 0 Å². The average Bonchev–Trinajstić information content (AvgIpc) is 3.17. The van der Waals surface area contributed by atoms with Gasteiger partial charge < -0.3 is 19.4 Å². The molecule has 0 bridgehead atoms. The zero-order chi connectivity index (χ0) is 23.9. The predicted octanol–water partition coefficient (Wildman–Crippen LogP) is 3.16. The maximum Gasteiger partial charge on any atom is 0.220 e. The number of carbonyl (C=O) groups excluding carboxylic acids is 1. The summed E-state index contributed by atoms with van der Waals surface area (Å²) in [6, 6.07) is 15.7. The number of nitrogens with zero attached hydrogens (tertiary/aromatic N) is 4. The van der Waals surface area contributed by atoms with E-state index >= 15 is 0 Å². The van der Waals surface area contributed by atoms with Gasteiger partial charge in [0.15, 0.2) is 5.82 Å². The summed E-state index contributed by atoms with van der Waals surface area (Å²) in [6.45, 7) is 5.23. The first-order valence-electron chi connectivity index (χ1n) is 11.8. The second kappa shape index (κ2) is 11.2. The summed E-state index contributed by atoms with van der Waals surface area (Å²) >= 11 is 0. The lowest BCUT2D eigenvalue weighted by Crippen LogP contribution is -2.30. The van der Waals surface area contributed by atoms with E-state index in [0.29, 0.717) is 6.42 Å². The van der Waals surface area contributed by atoms with Crippen LogP contribution in [0.4, 0.5) is 0 Å². The van der Waals surface area contributed by atoms with Crippen molar-refractivity contribution in [2.24, 2.45) is 0 Å². The van der Waals surface area contributed by atoms with E-state index in [0.717, 1.165) is 73.3 Å². The van der Waals surface area contributed by atoms with Crippen LogP contribution in [0.5, 0.6) is 11.5 Å². The topological polar surface area (TPSA) is 81.5 Å². The smallest absolute Gasteiger partial charge is 0.220 e. The summed E-state index contributed by atoms with van der Waals surface area (Å²) in [7, 11) is 3.36. The predicted molar refractivity (Wildman–Crippen MR) is 130 cm³/mol. The number of fused-ring (bicyclic) bond motifs is 1. The van der Waals surface area contributed by atoms with Crippen LogP contribution in [0.25, 0.3) is 0 Å². The molecule has 0 saturated carbocycles. The van der Waals surface area contributed by atoms with Crippen LogP contribution in [0.15, 0.2) is 48.5 Å². The molecule has 0 fully saturated rings. The molecular weight excluding hydrogens is 430 g/mol. The number of hydrogen-bond acceptors (Lipinski definition) is 6. The number of carbonyl (C=O) groups is 1. The third-order valence-electron chi connectivity index (χ3n) is 6.28. The van der Waals surface area contributed by atoms with Crippen molar-refractivity contribution in [2.75, 3.05) is 27.3 Å². The highest BCUT2D eigenvalue weighted by atomic mass is 16.5. The number of benzene rings is 2. The van der Waals surface area contributed by atoms with Crippen LogP contribution in [0.2, 0.25) is 0 Å². The first-order valence-corrected chi connectivity index (χ1v) is 11.8. The molecule has 0 unspecified atom stereocenters. The standard InChI is InChI=1S/C26H33N5O3/c1-19(27-25(32)12-9-20-7-5-4-6-8-20)26-29-28-24-13-14-30(15-16-31(24)26)18-21-17-22(33-2)10-11-23(21)34-3/h4-8,10-11,17,19H,9,12-16,18H2,1-3H3,(H,27,32)/t19-/m1/s1. The van der Waals surface area contributed by atoms with Crippen molar-refractivity contribution in [3.63, 3.8) is 0 Å². The van der Waals surface area contributed by atoms with E-state index in [1.54, 1.807) is 14.2 Å². The molecule has 8 nitrogen and oxygen atoms in total. The van der Waals surface area contributed by atoms with Crippen molar-refractivity contribution < 1.29 is 14.3 Å². The van der Waals surface area contributed by atoms with Crippen LogP contribution in [0, 0.1) is 0 Å². The van der Waals surface area contributed by atoms with Gasteiger partial charge in [0.1, 0.15) is 17.3 Å². The molecule has 180 valence electrons. The van der Waals surface area contributed by atoms with Crippen molar-refractivity contribution in [1.82, 2.24) is 25.0 Å². The van der Waals surface area contributed by atoms with Gasteiger partial charge in [-0.15, -0.1) is 10.2 Å². The zero-order valence-corrected chi connectivity index (χ0v) is 20.2. The zero-order valence-electron chi connectivity index (χ0n) is 20.2. The van der Waals surface area contributed by atoms with Gasteiger partial charge in [-0.1, -0.05) is 30.3 Å². The summed E-state index contributed by atoms with van der Waals surface area (Å²) in [4.78, 5) is 14.9. The number of aryl methyl sites for hydroxylation is 1.